The van der Waals surface area contributed by atoms with E-state index in [1.54, 1.807) is 0 Å². The highest BCUT2D eigenvalue weighted by molar-refractivity contribution is 8.00. The number of carbonyl (C=O) groups excluding carboxylic acids is 1. The SMILES string of the molecule is CCOc1ccc(-c2nnc(S[C@@H](C)C(=O)NC3CC3)n2N)cc1. The number of ether oxygens (including phenoxy) is 1. The molecule has 0 spiro atoms. The van der Waals surface area contributed by atoms with Gasteiger partial charge in [-0.1, -0.05) is 11.8 Å². The monoisotopic (exact) mass is 347 g/mol. The number of nitrogens with two attached hydrogens (primary N) is 1. The summed E-state index contributed by atoms with van der Waals surface area (Å²) in [7, 11) is 0. The first-order valence-electron chi connectivity index (χ1n) is 7.99. The summed E-state index contributed by atoms with van der Waals surface area (Å²) in [6, 6.07) is 7.85. The van der Waals surface area contributed by atoms with Crippen LogP contribution in [-0.2, 0) is 4.79 Å². The van der Waals surface area contributed by atoms with E-state index in [0.717, 1.165) is 24.2 Å². The van der Waals surface area contributed by atoms with Gasteiger partial charge in [-0.15, -0.1) is 10.2 Å². The zero-order chi connectivity index (χ0) is 17.1. The Hall–Kier alpha value is -2.22. The molecule has 0 radical (unpaired) electrons. The van der Waals surface area contributed by atoms with Crippen LogP contribution >= 0.6 is 11.8 Å². The third-order valence-electron chi connectivity index (χ3n) is 3.66. The molecule has 1 amide bonds. The molecule has 0 bridgehead atoms. The van der Waals surface area contributed by atoms with E-state index in [1.165, 1.54) is 16.4 Å². The summed E-state index contributed by atoms with van der Waals surface area (Å²) < 4.78 is 6.84. The first kappa shape index (κ1) is 16.6. The molecule has 1 aromatic heterocycles. The maximum absolute atomic E-state index is 12.0. The second-order valence-electron chi connectivity index (χ2n) is 5.68. The number of hydrogen-bond donors (Lipinski definition) is 2. The minimum Gasteiger partial charge on any atom is -0.494 e. The van der Waals surface area contributed by atoms with Crippen molar-refractivity contribution in [3.63, 3.8) is 0 Å². The van der Waals surface area contributed by atoms with Crippen LogP contribution in [0.2, 0.25) is 0 Å². The second-order valence-corrected chi connectivity index (χ2v) is 6.98. The Morgan fingerprint density at radius 1 is 1.42 bits per heavy atom. The van der Waals surface area contributed by atoms with E-state index < -0.39 is 0 Å². The van der Waals surface area contributed by atoms with Gasteiger partial charge in [-0.05, 0) is 51.0 Å². The summed E-state index contributed by atoms with van der Waals surface area (Å²) in [5, 5.41) is 11.5. The van der Waals surface area contributed by atoms with Crippen LogP contribution in [0.3, 0.4) is 0 Å². The molecule has 1 fully saturated rings. The zero-order valence-electron chi connectivity index (χ0n) is 13.7. The maximum atomic E-state index is 12.0. The van der Waals surface area contributed by atoms with Crippen LogP contribution in [0.15, 0.2) is 29.4 Å². The largest absolute Gasteiger partial charge is 0.494 e. The number of nitrogen functional groups attached to an aromatic ring is 1. The van der Waals surface area contributed by atoms with Gasteiger partial charge in [-0.3, -0.25) is 4.79 Å². The van der Waals surface area contributed by atoms with Gasteiger partial charge in [-0.25, -0.2) is 4.68 Å². The molecule has 0 saturated heterocycles. The fourth-order valence-corrected chi connectivity index (χ4v) is 2.96. The van der Waals surface area contributed by atoms with Crippen molar-refractivity contribution in [3.05, 3.63) is 24.3 Å². The normalized spacial score (nSPS) is 15.1. The number of thioether (sulfide) groups is 1. The quantitative estimate of drug-likeness (QED) is 0.586. The van der Waals surface area contributed by atoms with Crippen LogP contribution in [0.5, 0.6) is 5.75 Å². The first-order valence-corrected chi connectivity index (χ1v) is 8.87. The lowest BCUT2D eigenvalue weighted by Gasteiger charge is -2.11. The summed E-state index contributed by atoms with van der Waals surface area (Å²) in [5.74, 6) is 7.46. The Morgan fingerprint density at radius 2 is 2.12 bits per heavy atom. The van der Waals surface area contributed by atoms with E-state index in [9.17, 15) is 4.79 Å². The highest BCUT2D eigenvalue weighted by atomic mass is 32.2. The molecule has 2 aromatic rings. The van der Waals surface area contributed by atoms with Crippen molar-refractivity contribution in [2.24, 2.45) is 0 Å². The standard InChI is InChI=1S/C16H21N5O2S/c1-3-23-13-8-4-11(5-9-13)14-19-20-16(21(14)17)24-10(2)15(22)18-12-6-7-12/h4-5,8-10,12H,3,6-7,17H2,1-2H3,(H,18,22)/t10-/m0/s1. The van der Waals surface area contributed by atoms with Gasteiger partial charge in [0.05, 0.1) is 11.9 Å². The molecule has 1 aromatic carbocycles. The summed E-state index contributed by atoms with van der Waals surface area (Å²) >= 11 is 1.30. The molecule has 1 aliphatic carbocycles. The summed E-state index contributed by atoms with van der Waals surface area (Å²) in [5.41, 5.74) is 0.843. The highest BCUT2D eigenvalue weighted by Gasteiger charge is 2.27. The highest BCUT2D eigenvalue weighted by Crippen LogP contribution is 2.27. The molecular weight excluding hydrogens is 326 g/mol. The number of nitrogens with one attached hydrogen (secondary N) is 1. The first-order chi connectivity index (χ1) is 11.6. The van der Waals surface area contributed by atoms with Crippen LogP contribution in [0.4, 0.5) is 0 Å². The number of amides is 1. The van der Waals surface area contributed by atoms with E-state index in [4.69, 9.17) is 10.6 Å². The lowest BCUT2D eigenvalue weighted by Crippen LogP contribution is -2.32. The molecule has 1 aliphatic rings. The molecule has 0 unspecified atom stereocenters. The van der Waals surface area contributed by atoms with Crippen molar-refractivity contribution in [3.8, 4) is 17.1 Å². The van der Waals surface area contributed by atoms with Gasteiger partial charge < -0.3 is 15.9 Å². The number of aromatic nitrogens is 3. The van der Waals surface area contributed by atoms with Crippen molar-refractivity contribution in [2.45, 2.75) is 43.1 Å². The van der Waals surface area contributed by atoms with Gasteiger partial charge in [0.1, 0.15) is 5.75 Å². The minimum absolute atomic E-state index is 0.00752. The van der Waals surface area contributed by atoms with Crippen LogP contribution in [-0.4, -0.2) is 38.7 Å². The van der Waals surface area contributed by atoms with E-state index >= 15 is 0 Å². The van der Waals surface area contributed by atoms with Gasteiger partial charge in [0, 0.05) is 11.6 Å². The molecule has 3 N–H and O–H groups in total. The van der Waals surface area contributed by atoms with Crippen molar-refractivity contribution in [1.29, 1.82) is 0 Å². The second kappa shape index (κ2) is 7.12. The molecule has 1 atom stereocenters. The number of hydrogen-bond acceptors (Lipinski definition) is 6. The van der Waals surface area contributed by atoms with Crippen molar-refractivity contribution in [2.75, 3.05) is 12.4 Å². The number of benzene rings is 1. The van der Waals surface area contributed by atoms with Crippen LogP contribution < -0.4 is 15.9 Å². The summed E-state index contributed by atoms with van der Waals surface area (Å²) in [4.78, 5) is 12.0. The van der Waals surface area contributed by atoms with Gasteiger partial charge >= 0.3 is 0 Å². The van der Waals surface area contributed by atoms with E-state index in [-0.39, 0.29) is 11.2 Å². The smallest absolute Gasteiger partial charge is 0.233 e. The van der Waals surface area contributed by atoms with E-state index in [0.29, 0.717) is 23.6 Å². The minimum atomic E-state index is -0.273. The average Bonchev–Trinajstić information content (AvgIpc) is 3.32. The van der Waals surface area contributed by atoms with Crippen molar-refractivity contribution >= 4 is 17.7 Å². The Bertz CT molecular complexity index is 712. The van der Waals surface area contributed by atoms with Gasteiger partial charge in [0.2, 0.25) is 11.1 Å². The van der Waals surface area contributed by atoms with E-state index in [1.807, 2.05) is 38.1 Å². The average molecular weight is 347 g/mol. The van der Waals surface area contributed by atoms with Gasteiger partial charge in [-0.2, -0.15) is 0 Å². The lowest BCUT2D eigenvalue weighted by atomic mass is 10.2. The molecule has 24 heavy (non-hydrogen) atoms. The van der Waals surface area contributed by atoms with Crippen LogP contribution in [0, 0.1) is 0 Å². The predicted octanol–water partition coefficient (Wildman–Crippen LogP) is 1.82. The molecule has 1 saturated carbocycles. The lowest BCUT2D eigenvalue weighted by molar-refractivity contribution is -0.120. The van der Waals surface area contributed by atoms with Gasteiger partial charge in [0.25, 0.3) is 0 Å². The molecule has 3 rings (SSSR count). The topological polar surface area (TPSA) is 95.1 Å². The van der Waals surface area contributed by atoms with Crippen LogP contribution in [0.1, 0.15) is 26.7 Å². The fraction of sp³-hybridized carbons (Fsp3) is 0.438. The molecular formula is C16H21N5O2S. The Labute approximate surface area is 144 Å². The third-order valence-corrected chi connectivity index (χ3v) is 4.72. The number of rotatable bonds is 7. The summed E-state index contributed by atoms with van der Waals surface area (Å²) in [6.45, 7) is 4.40. The Balaban J connectivity index is 1.69. The van der Waals surface area contributed by atoms with Crippen LogP contribution in [0.25, 0.3) is 11.4 Å². The van der Waals surface area contributed by atoms with Gasteiger partial charge in [0.15, 0.2) is 5.82 Å². The molecule has 0 aliphatic heterocycles. The number of nitrogens with zero attached hydrogens (tertiary/aromatic N) is 3. The molecule has 8 heteroatoms. The Morgan fingerprint density at radius 3 is 2.75 bits per heavy atom. The Kier molecular flexibility index (Phi) is 4.94. The predicted molar refractivity (Wildman–Crippen MR) is 93.3 cm³/mol. The molecule has 7 nitrogen and oxygen atoms in total. The summed E-state index contributed by atoms with van der Waals surface area (Å²) in [6.07, 6.45) is 2.14. The molecule has 128 valence electrons. The zero-order valence-corrected chi connectivity index (χ0v) is 14.5. The van der Waals surface area contributed by atoms with E-state index in [2.05, 4.69) is 15.5 Å². The third kappa shape index (κ3) is 3.81. The fourth-order valence-electron chi connectivity index (χ4n) is 2.18. The molecule has 1 heterocycles. The van der Waals surface area contributed by atoms with Crippen molar-refractivity contribution in [1.82, 2.24) is 20.2 Å². The number of carbonyl (C=O) groups is 1. The van der Waals surface area contributed by atoms with Crippen molar-refractivity contribution < 1.29 is 9.53 Å². The maximum Gasteiger partial charge on any atom is 0.233 e.